The number of aromatic amines is 1. The first-order chi connectivity index (χ1) is 11.4. The van der Waals surface area contributed by atoms with Crippen molar-refractivity contribution in [1.29, 1.82) is 0 Å². The number of furan rings is 1. The second-order valence-electron chi connectivity index (χ2n) is 6.10. The molecule has 0 aliphatic carbocycles. The van der Waals surface area contributed by atoms with Crippen LogP contribution in [0.2, 0.25) is 0 Å². The molecule has 6 rings (SSSR count). The maximum Gasteiger partial charge on any atom is 0.242 e. The number of rotatable bonds is 0. The Kier molecular flexibility index (Phi) is 1.91. The lowest BCUT2D eigenvalue weighted by Gasteiger charge is -2.15. The summed E-state index contributed by atoms with van der Waals surface area (Å²) in [4.78, 5) is 3.28. The molecule has 0 radical (unpaired) electrons. The van der Waals surface area contributed by atoms with E-state index in [-0.39, 0.29) is 0 Å². The van der Waals surface area contributed by atoms with Crippen molar-refractivity contribution in [2.24, 2.45) is 0 Å². The van der Waals surface area contributed by atoms with Crippen LogP contribution >= 0.6 is 0 Å². The molecule has 3 nitrogen and oxygen atoms in total. The highest BCUT2D eigenvalue weighted by Crippen LogP contribution is 2.37. The summed E-state index contributed by atoms with van der Waals surface area (Å²) in [6, 6.07) is 19.0. The molecule has 0 unspecified atom stereocenters. The number of nitrogens with zero attached hydrogens (tertiary/aromatic N) is 1. The van der Waals surface area contributed by atoms with Gasteiger partial charge in [0.2, 0.25) is 6.33 Å². The van der Waals surface area contributed by atoms with E-state index in [0.717, 1.165) is 28.8 Å². The highest BCUT2D eigenvalue weighted by molar-refractivity contribution is 6.10. The number of fused-ring (bicyclic) bond motifs is 1. The number of H-pyrrole nitrogens is 1. The van der Waals surface area contributed by atoms with Crippen molar-refractivity contribution in [2.45, 2.75) is 6.42 Å². The molecule has 3 heteroatoms. The lowest BCUT2D eigenvalue weighted by molar-refractivity contribution is -0.570. The fourth-order valence-corrected chi connectivity index (χ4v) is 3.91. The molecule has 5 aromatic rings. The normalized spacial score (nSPS) is 13.0. The number of aromatic nitrogens is 2. The molecular formula is C20H12N2O. The highest BCUT2D eigenvalue weighted by atomic mass is 16.3. The van der Waals surface area contributed by atoms with Crippen molar-refractivity contribution < 1.29 is 8.98 Å². The average molecular weight is 296 g/mol. The summed E-state index contributed by atoms with van der Waals surface area (Å²) < 4.78 is 8.24. The van der Waals surface area contributed by atoms with E-state index in [0.29, 0.717) is 0 Å². The van der Waals surface area contributed by atoms with Gasteiger partial charge in [-0.3, -0.25) is 0 Å². The molecule has 1 aliphatic heterocycles. The minimum Gasteiger partial charge on any atom is -0.457 e. The Bertz CT molecular complexity index is 1240. The van der Waals surface area contributed by atoms with Crippen LogP contribution in [0.5, 0.6) is 0 Å². The largest absolute Gasteiger partial charge is 0.457 e. The Labute approximate surface area is 131 Å². The van der Waals surface area contributed by atoms with Gasteiger partial charge in [-0.25, -0.2) is 0 Å². The first-order valence-electron chi connectivity index (χ1n) is 7.77. The molecule has 1 aliphatic rings. The molecule has 0 atom stereocenters. The molecule has 2 aromatic heterocycles. The van der Waals surface area contributed by atoms with Crippen molar-refractivity contribution >= 4 is 33.0 Å². The summed E-state index contributed by atoms with van der Waals surface area (Å²) >= 11 is 0. The SMILES string of the molecule is [c-]1[nH]c2cccc3c2[n+]1-c1cccc2oc4cccc(c4c12)C3. The molecule has 23 heavy (non-hydrogen) atoms. The monoisotopic (exact) mass is 296 g/mol. The minimum atomic E-state index is 0.892. The number of imidazole rings is 1. The zero-order valence-electron chi connectivity index (χ0n) is 12.3. The van der Waals surface area contributed by atoms with Crippen molar-refractivity contribution in [3.8, 4) is 5.69 Å². The van der Waals surface area contributed by atoms with Crippen LogP contribution in [0.1, 0.15) is 11.1 Å². The van der Waals surface area contributed by atoms with E-state index in [4.69, 9.17) is 4.42 Å². The van der Waals surface area contributed by atoms with Crippen LogP contribution in [-0.2, 0) is 6.42 Å². The summed E-state index contributed by atoms with van der Waals surface area (Å²) in [6.45, 7) is 0. The fraction of sp³-hybridized carbons (Fsp3) is 0.0500. The van der Waals surface area contributed by atoms with Gasteiger partial charge in [-0.05, 0) is 29.7 Å². The second-order valence-corrected chi connectivity index (χ2v) is 6.10. The Morgan fingerprint density at radius 2 is 1.65 bits per heavy atom. The Hall–Kier alpha value is -3.07. The number of hydrogen-bond donors (Lipinski definition) is 1. The van der Waals surface area contributed by atoms with Gasteiger partial charge in [0.15, 0.2) is 0 Å². The second kappa shape index (κ2) is 3.82. The van der Waals surface area contributed by atoms with Crippen LogP contribution in [0.3, 0.4) is 0 Å². The Balaban J connectivity index is 1.96. The molecule has 3 heterocycles. The van der Waals surface area contributed by atoms with Crippen molar-refractivity contribution in [1.82, 2.24) is 4.98 Å². The smallest absolute Gasteiger partial charge is 0.242 e. The molecule has 0 fully saturated rings. The van der Waals surface area contributed by atoms with E-state index >= 15 is 0 Å². The quantitative estimate of drug-likeness (QED) is 0.333. The molecule has 0 amide bonds. The van der Waals surface area contributed by atoms with Gasteiger partial charge in [-0.1, -0.05) is 42.5 Å². The predicted molar refractivity (Wildman–Crippen MR) is 88.8 cm³/mol. The van der Waals surface area contributed by atoms with Gasteiger partial charge in [0, 0.05) is 10.8 Å². The summed E-state index contributed by atoms with van der Waals surface area (Å²) in [5.41, 5.74) is 7.93. The zero-order valence-corrected chi connectivity index (χ0v) is 12.3. The van der Waals surface area contributed by atoms with Gasteiger partial charge < -0.3 is 14.0 Å². The van der Waals surface area contributed by atoms with E-state index in [1.165, 1.54) is 27.4 Å². The predicted octanol–water partition coefficient (Wildman–Crippen LogP) is 4.05. The maximum absolute atomic E-state index is 6.10. The average Bonchev–Trinajstić information content (AvgIpc) is 3.15. The summed E-state index contributed by atoms with van der Waals surface area (Å²) in [7, 11) is 0. The molecule has 0 spiro atoms. The van der Waals surface area contributed by atoms with Crippen molar-refractivity contribution in [3.05, 3.63) is 72.1 Å². The van der Waals surface area contributed by atoms with Gasteiger partial charge in [-0.2, -0.15) is 0 Å². The fourth-order valence-electron chi connectivity index (χ4n) is 3.91. The number of benzene rings is 3. The lowest BCUT2D eigenvalue weighted by atomic mass is 9.96. The molecule has 108 valence electrons. The number of hydrogen-bond acceptors (Lipinski definition) is 1. The molecule has 0 bridgehead atoms. The van der Waals surface area contributed by atoms with E-state index in [1.54, 1.807) is 0 Å². The first kappa shape index (κ1) is 11.5. The summed E-state index contributed by atoms with van der Waals surface area (Å²) in [5.74, 6) is 0. The van der Waals surface area contributed by atoms with Gasteiger partial charge in [-0.15, -0.1) is 0 Å². The van der Waals surface area contributed by atoms with E-state index in [9.17, 15) is 0 Å². The standard InChI is InChI=1S/C20H12N2O/c1-5-13-10-12-4-2-8-16-18(12)19-15(7-3-9-17(19)23-16)22-11-21-14(6-1)20(13)22/h1-9,21H,10H2. The molecule has 3 aromatic carbocycles. The number of para-hydroxylation sites is 1. The third-order valence-corrected chi connectivity index (χ3v) is 4.85. The van der Waals surface area contributed by atoms with Gasteiger partial charge in [0.05, 0.1) is 16.7 Å². The zero-order chi connectivity index (χ0) is 15.0. The van der Waals surface area contributed by atoms with E-state index in [1.807, 2.05) is 12.1 Å². The van der Waals surface area contributed by atoms with Gasteiger partial charge in [0.25, 0.3) is 0 Å². The van der Waals surface area contributed by atoms with Crippen LogP contribution in [0.15, 0.2) is 59.0 Å². The van der Waals surface area contributed by atoms with Crippen LogP contribution < -0.4 is 4.57 Å². The lowest BCUT2D eigenvalue weighted by Crippen LogP contribution is -2.30. The minimum absolute atomic E-state index is 0.892. The Morgan fingerprint density at radius 3 is 2.61 bits per heavy atom. The van der Waals surface area contributed by atoms with Crippen molar-refractivity contribution in [2.75, 3.05) is 0 Å². The first-order valence-corrected chi connectivity index (χ1v) is 7.77. The third kappa shape index (κ3) is 1.33. The third-order valence-electron chi connectivity index (χ3n) is 4.85. The van der Waals surface area contributed by atoms with Gasteiger partial charge in [0.1, 0.15) is 11.2 Å². The van der Waals surface area contributed by atoms with Crippen LogP contribution in [0.4, 0.5) is 0 Å². The molecule has 0 saturated heterocycles. The molecule has 1 N–H and O–H groups in total. The topological polar surface area (TPSA) is 32.8 Å². The summed E-state index contributed by atoms with van der Waals surface area (Å²) in [6.07, 6.45) is 4.19. The van der Waals surface area contributed by atoms with E-state index in [2.05, 4.69) is 58.3 Å². The van der Waals surface area contributed by atoms with Crippen LogP contribution in [0.25, 0.3) is 38.7 Å². The van der Waals surface area contributed by atoms with Crippen LogP contribution in [-0.4, -0.2) is 4.98 Å². The molecule has 0 saturated carbocycles. The summed E-state index contributed by atoms with van der Waals surface area (Å²) in [5, 5.41) is 2.40. The van der Waals surface area contributed by atoms with E-state index < -0.39 is 0 Å². The van der Waals surface area contributed by atoms with Crippen LogP contribution in [0, 0.1) is 6.33 Å². The maximum atomic E-state index is 6.10. The number of nitrogens with one attached hydrogen (secondary N) is 1. The van der Waals surface area contributed by atoms with Crippen molar-refractivity contribution in [3.63, 3.8) is 0 Å². The molecular weight excluding hydrogens is 284 g/mol. The Morgan fingerprint density at radius 1 is 0.870 bits per heavy atom. The highest BCUT2D eigenvalue weighted by Gasteiger charge is 2.20. The van der Waals surface area contributed by atoms with Gasteiger partial charge >= 0.3 is 0 Å².